The van der Waals surface area contributed by atoms with Crippen LogP contribution in [0.25, 0.3) is 0 Å². The molecule has 1 saturated carbocycles. The lowest BCUT2D eigenvalue weighted by Crippen LogP contribution is -2.30. The van der Waals surface area contributed by atoms with E-state index in [-0.39, 0.29) is 11.2 Å². The zero-order chi connectivity index (χ0) is 9.24. The van der Waals surface area contributed by atoms with Crippen molar-refractivity contribution >= 4 is 10.0 Å². The lowest BCUT2D eigenvalue weighted by Gasteiger charge is -2.09. The molecule has 0 saturated heterocycles. The molecule has 3 nitrogen and oxygen atoms in total. The molecule has 0 aromatic carbocycles. The summed E-state index contributed by atoms with van der Waals surface area (Å²) < 4.78 is 25.0. The lowest BCUT2D eigenvalue weighted by molar-refractivity contribution is 0.530. The van der Waals surface area contributed by atoms with Crippen LogP contribution in [0.3, 0.4) is 0 Å². The molecule has 0 amide bonds. The fourth-order valence-corrected chi connectivity index (χ4v) is 2.27. The molecule has 1 aliphatic carbocycles. The van der Waals surface area contributed by atoms with E-state index in [1.165, 1.54) is 0 Å². The molecule has 1 fully saturated rings. The second kappa shape index (κ2) is 3.34. The van der Waals surface area contributed by atoms with Crippen LogP contribution in [0.5, 0.6) is 0 Å². The Morgan fingerprint density at radius 2 is 2.00 bits per heavy atom. The standard InChI is InChI=1S/C8H17NO2S/c1-3-6-12(10,11)9-7-8(2)4-5-8/h9H,3-7H2,1-2H3. The normalized spacial score (nSPS) is 20.8. The van der Waals surface area contributed by atoms with Crippen LogP contribution in [-0.4, -0.2) is 20.7 Å². The molecule has 0 aliphatic heterocycles. The first-order valence-corrected chi connectivity index (χ1v) is 6.10. The first kappa shape index (κ1) is 9.99. The molecule has 1 aliphatic rings. The van der Waals surface area contributed by atoms with Gasteiger partial charge in [0.25, 0.3) is 0 Å². The van der Waals surface area contributed by atoms with Gasteiger partial charge in [-0.05, 0) is 24.7 Å². The quantitative estimate of drug-likeness (QED) is 0.707. The van der Waals surface area contributed by atoms with Gasteiger partial charge < -0.3 is 0 Å². The van der Waals surface area contributed by atoms with E-state index in [0.29, 0.717) is 13.0 Å². The van der Waals surface area contributed by atoms with Crippen LogP contribution in [0.4, 0.5) is 0 Å². The van der Waals surface area contributed by atoms with Crippen molar-refractivity contribution < 1.29 is 8.42 Å². The third-order valence-corrected chi connectivity index (χ3v) is 3.83. The Morgan fingerprint density at radius 3 is 2.42 bits per heavy atom. The van der Waals surface area contributed by atoms with Gasteiger partial charge in [-0.3, -0.25) is 0 Å². The third-order valence-electron chi connectivity index (χ3n) is 2.30. The van der Waals surface area contributed by atoms with E-state index in [4.69, 9.17) is 0 Å². The monoisotopic (exact) mass is 191 g/mol. The Labute approximate surface area is 74.6 Å². The predicted molar refractivity (Wildman–Crippen MR) is 49.4 cm³/mol. The van der Waals surface area contributed by atoms with Crippen LogP contribution in [0.15, 0.2) is 0 Å². The van der Waals surface area contributed by atoms with Crippen LogP contribution >= 0.6 is 0 Å². The Kier molecular flexibility index (Phi) is 2.78. The first-order valence-electron chi connectivity index (χ1n) is 4.45. The summed E-state index contributed by atoms with van der Waals surface area (Å²) in [6.45, 7) is 4.61. The number of nitrogens with one attached hydrogen (secondary N) is 1. The first-order chi connectivity index (χ1) is 5.47. The largest absolute Gasteiger partial charge is 0.215 e. The van der Waals surface area contributed by atoms with E-state index in [1.807, 2.05) is 6.92 Å². The summed E-state index contributed by atoms with van der Waals surface area (Å²) in [6, 6.07) is 0. The highest BCUT2D eigenvalue weighted by molar-refractivity contribution is 7.89. The van der Waals surface area contributed by atoms with E-state index in [0.717, 1.165) is 12.8 Å². The number of hydrogen-bond acceptors (Lipinski definition) is 2. The second-order valence-electron chi connectivity index (χ2n) is 3.95. The smallest absolute Gasteiger partial charge is 0.211 e. The number of rotatable bonds is 5. The maximum absolute atomic E-state index is 11.2. The van der Waals surface area contributed by atoms with Crippen LogP contribution in [0.1, 0.15) is 33.1 Å². The molecular formula is C8H17NO2S. The number of sulfonamides is 1. The zero-order valence-electron chi connectivity index (χ0n) is 7.76. The topological polar surface area (TPSA) is 46.2 Å². The van der Waals surface area contributed by atoms with Crippen molar-refractivity contribution in [1.29, 1.82) is 0 Å². The minimum Gasteiger partial charge on any atom is -0.215 e. The summed E-state index contributed by atoms with van der Waals surface area (Å²) >= 11 is 0. The van der Waals surface area contributed by atoms with Crippen molar-refractivity contribution in [1.82, 2.24) is 4.72 Å². The molecule has 0 aromatic rings. The summed E-state index contributed by atoms with van der Waals surface area (Å²) in [5.41, 5.74) is 0.265. The van der Waals surface area contributed by atoms with Crippen LogP contribution in [-0.2, 0) is 10.0 Å². The molecule has 0 radical (unpaired) electrons. The molecule has 4 heteroatoms. The van der Waals surface area contributed by atoms with Crippen molar-refractivity contribution in [2.24, 2.45) is 5.41 Å². The molecule has 0 heterocycles. The minimum atomic E-state index is -2.97. The molecule has 0 spiro atoms. The van der Waals surface area contributed by atoms with Crippen LogP contribution in [0.2, 0.25) is 0 Å². The van der Waals surface area contributed by atoms with Crippen molar-refractivity contribution in [3.8, 4) is 0 Å². The van der Waals surface area contributed by atoms with Gasteiger partial charge in [-0.2, -0.15) is 0 Å². The van der Waals surface area contributed by atoms with E-state index < -0.39 is 10.0 Å². The summed E-state index contributed by atoms with van der Waals surface area (Å²) in [6.07, 6.45) is 3.00. The van der Waals surface area contributed by atoms with Crippen LogP contribution < -0.4 is 4.72 Å². The van der Waals surface area contributed by atoms with E-state index in [2.05, 4.69) is 11.6 Å². The molecule has 1 rings (SSSR count). The Bertz CT molecular complexity index is 242. The average molecular weight is 191 g/mol. The van der Waals surface area contributed by atoms with Crippen molar-refractivity contribution in [3.63, 3.8) is 0 Å². The summed E-state index contributed by atoms with van der Waals surface area (Å²) in [7, 11) is -2.97. The third kappa shape index (κ3) is 3.11. The Morgan fingerprint density at radius 1 is 1.42 bits per heavy atom. The highest BCUT2D eigenvalue weighted by Crippen LogP contribution is 2.44. The van der Waals surface area contributed by atoms with Crippen molar-refractivity contribution in [3.05, 3.63) is 0 Å². The van der Waals surface area contributed by atoms with Gasteiger partial charge in [0.15, 0.2) is 0 Å². The molecule has 12 heavy (non-hydrogen) atoms. The van der Waals surface area contributed by atoms with Gasteiger partial charge >= 0.3 is 0 Å². The SMILES string of the molecule is CCCS(=O)(=O)NCC1(C)CC1. The molecule has 1 N–H and O–H groups in total. The van der Waals surface area contributed by atoms with E-state index >= 15 is 0 Å². The minimum absolute atomic E-state index is 0.253. The molecule has 0 aromatic heterocycles. The Balaban J connectivity index is 2.30. The Hall–Kier alpha value is -0.0900. The lowest BCUT2D eigenvalue weighted by atomic mass is 10.2. The van der Waals surface area contributed by atoms with Crippen molar-refractivity contribution in [2.45, 2.75) is 33.1 Å². The van der Waals surface area contributed by atoms with Gasteiger partial charge in [-0.1, -0.05) is 13.8 Å². The van der Waals surface area contributed by atoms with Gasteiger partial charge in [-0.25, -0.2) is 13.1 Å². The zero-order valence-corrected chi connectivity index (χ0v) is 8.58. The molecule has 72 valence electrons. The summed E-state index contributed by atoms with van der Waals surface area (Å²) in [4.78, 5) is 0. The fraction of sp³-hybridized carbons (Fsp3) is 1.00. The molecule has 0 unspecified atom stereocenters. The average Bonchev–Trinajstić information content (AvgIpc) is 2.66. The van der Waals surface area contributed by atoms with Crippen molar-refractivity contribution in [2.75, 3.05) is 12.3 Å². The maximum atomic E-state index is 11.2. The second-order valence-corrected chi connectivity index (χ2v) is 5.88. The maximum Gasteiger partial charge on any atom is 0.211 e. The van der Waals surface area contributed by atoms with Gasteiger partial charge in [0.2, 0.25) is 10.0 Å². The summed E-state index contributed by atoms with van der Waals surface area (Å²) in [5.74, 6) is 0.253. The van der Waals surface area contributed by atoms with Gasteiger partial charge in [0.05, 0.1) is 5.75 Å². The van der Waals surface area contributed by atoms with Crippen LogP contribution in [0, 0.1) is 5.41 Å². The molecule has 0 bridgehead atoms. The molecular weight excluding hydrogens is 174 g/mol. The van der Waals surface area contributed by atoms with Gasteiger partial charge in [0.1, 0.15) is 0 Å². The van der Waals surface area contributed by atoms with Gasteiger partial charge in [-0.15, -0.1) is 0 Å². The van der Waals surface area contributed by atoms with Gasteiger partial charge in [0, 0.05) is 6.54 Å². The highest BCUT2D eigenvalue weighted by atomic mass is 32.2. The van der Waals surface area contributed by atoms with E-state index in [1.54, 1.807) is 0 Å². The highest BCUT2D eigenvalue weighted by Gasteiger charge is 2.37. The van der Waals surface area contributed by atoms with E-state index in [9.17, 15) is 8.42 Å². The number of hydrogen-bond donors (Lipinski definition) is 1. The molecule has 0 atom stereocenters. The fourth-order valence-electron chi connectivity index (χ4n) is 1.02. The summed E-state index contributed by atoms with van der Waals surface area (Å²) in [5, 5.41) is 0. The predicted octanol–water partition coefficient (Wildman–Crippen LogP) is 1.12.